The molecule has 2 aliphatic rings. The molecule has 26 heavy (non-hydrogen) atoms. The van der Waals surface area contributed by atoms with Gasteiger partial charge in [-0.15, -0.1) is 0 Å². The average molecular weight is 421 g/mol. The number of benzene rings is 1. The maximum absolute atomic E-state index is 13.6. The summed E-state index contributed by atoms with van der Waals surface area (Å²) in [5, 5.41) is 3.12. The van der Waals surface area contributed by atoms with Crippen LogP contribution in [-0.4, -0.2) is 35.8 Å². The number of halogens is 1. The lowest BCUT2D eigenvalue weighted by Gasteiger charge is -2.39. The van der Waals surface area contributed by atoms with E-state index in [2.05, 4.69) is 33.4 Å². The van der Waals surface area contributed by atoms with E-state index in [-0.39, 0.29) is 23.3 Å². The Morgan fingerprint density at radius 2 is 1.88 bits per heavy atom. The van der Waals surface area contributed by atoms with Crippen molar-refractivity contribution in [1.82, 2.24) is 10.2 Å². The molecule has 1 saturated heterocycles. The van der Waals surface area contributed by atoms with Crippen LogP contribution in [0.25, 0.3) is 0 Å². The molecule has 0 aromatic heterocycles. The molecule has 142 valence electrons. The lowest BCUT2D eigenvalue weighted by molar-refractivity contribution is -0.139. The van der Waals surface area contributed by atoms with E-state index < -0.39 is 0 Å². The Labute approximate surface area is 164 Å². The number of hydrogen-bond acceptors (Lipinski definition) is 2. The van der Waals surface area contributed by atoms with E-state index >= 15 is 0 Å². The first kappa shape index (κ1) is 19.4. The number of piperidine rings is 1. The summed E-state index contributed by atoms with van der Waals surface area (Å²) in [7, 11) is 0. The van der Waals surface area contributed by atoms with Gasteiger partial charge in [0.1, 0.15) is 0 Å². The van der Waals surface area contributed by atoms with Gasteiger partial charge in [0.2, 0.25) is 11.8 Å². The molecule has 0 spiro atoms. The number of rotatable bonds is 5. The van der Waals surface area contributed by atoms with Crippen LogP contribution in [0.15, 0.2) is 28.7 Å². The molecule has 1 aromatic carbocycles. The second kappa shape index (κ2) is 8.55. The van der Waals surface area contributed by atoms with Gasteiger partial charge in [-0.3, -0.25) is 9.59 Å². The Balaban J connectivity index is 1.75. The number of likely N-dealkylation sites (tertiary alicyclic amines) is 1. The van der Waals surface area contributed by atoms with Gasteiger partial charge in [-0.25, -0.2) is 0 Å². The van der Waals surface area contributed by atoms with Crippen LogP contribution in [-0.2, 0) is 15.0 Å². The molecule has 2 amide bonds. The summed E-state index contributed by atoms with van der Waals surface area (Å²) in [6, 6.07) is 8.35. The Morgan fingerprint density at radius 3 is 2.54 bits per heavy atom. The maximum atomic E-state index is 13.6. The van der Waals surface area contributed by atoms with Gasteiger partial charge in [0, 0.05) is 30.0 Å². The molecule has 1 atom stereocenters. The van der Waals surface area contributed by atoms with Crippen molar-refractivity contribution in [3.8, 4) is 0 Å². The normalized spacial score (nSPS) is 22.2. The summed E-state index contributed by atoms with van der Waals surface area (Å²) in [6.07, 6.45) is 7.40. The van der Waals surface area contributed by atoms with Crippen LogP contribution >= 0.6 is 15.9 Å². The molecular formula is C21H29BrN2O2. The van der Waals surface area contributed by atoms with Crippen molar-refractivity contribution < 1.29 is 9.59 Å². The molecule has 1 aliphatic carbocycles. The molecule has 1 N–H and O–H groups in total. The zero-order valence-electron chi connectivity index (χ0n) is 15.6. The molecule has 4 nitrogen and oxygen atoms in total. The minimum Gasteiger partial charge on any atom is -0.352 e. The van der Waals surface area contributed by atoms with E-state index in [0.717, 1.165) is 61.5 Å². The second-order valence-corrected chi connectivity index (χ2v) is 8.62. The van der Waals surface area contributed by atoms with Crippen LogP contribution in [0.2, 0.25) is 0 Å². The number of nitrogens with zero attached hydrogens (tertiary/aromatic N) is 1. The van der Waals surface area contributed by atoms with E-state index in [1.54, 1.807) is 0 Å². The quantitative estimate of drug-likeness (QED) is 0.776. The third-order valence-corrected chi connectivity index (χ3v) is 6.34. The fraction of sp³-hybridized carbons (Fsp3) is 0.619. The molecule has 1 aromatic rings. The van der Waals surface area contributed by atoms with Gasteiger partial charge in [-0.05, 0) is 49.8 Å². The predicted octanol–water partition coefficient (Wildman–Crippen LogP) is 4.17. The summed E-state index contributed by atoms with van der Waals surface area (Å²) in [5.41, 5.74) is 0.760. The Morgan fingerprint density at radius 1 is 1.19 bits per heavy atom. The standard InChI is InChI=1S/C21H29BrN2O2/c1-2-6-19(25)23-18-7-5-14-24(15-18)20(26)21(12-3-4-13-21)16-8-10-17(22)11-9-16/h8-11,18H,2-7,12-15H2,1H3,(H,23,25). The highest BCUT2D eigenvalue weighted by molar-refractivity contribution is 9.10. The summed E-state index contributed by atoms with van der Waals surface area (Å²) in [6.45, 7) is 3.46. The summed E-state index contributed by atoms with van der Waals surface area (Å²) >= 11 is 3.49. The van der Waals surface area contributed by atoms with Crippen molar-refractivity contribution in [1.29, 1.82) is 0 Å². The van der Waals surface area contributed by atoms with Crippen molar-refractivity contribution in [3.63, 3.8) is 0 Å². The van der Waals surface area contributed by atoms with Gasteiger partial charge in [0.25, 0.3) is 0 Å². The van der Waals surface area contributed by atoms with Crippen LogP contribution in [0.1, 0.15) is 63.9 Å². The van der Waals surface area contributed by atoms with Gasteiger partial charge in [0.15, 0.2) is 0 Å². The fourth-order valence-electron chi connectivity index (χ4n) is 4.48. The fourth-order valence-corrected chi connectivity index (χ4v) is 4.75. The summed E-state index contributed by atoms with van der Waals surface area (Å²) < 4.78 is 1.04. The topological polar surface area (TPSA) is 49.4 Å². The minimum absolute atomic E-state index is 0.0927. The molecule has 5 heteroatoms. The monoisotopic (exact) mass is 420 g/mol. The summed E-state index contributed by atoms with van der Waals surface area (Å²) in [4.78, 5) is 27.5. The van der Waals surface area contributed by atoms with Crippen molar-refractivity contribution >= 4 is 27.7 Å². The first-order valence-electron chi connectivity index (χ1n) is 9.90. The molecule has 3 rings (SSSR count). The zero-order valence-corrected chi connectivity index (χ0v) is 17.2. The molecular weight excluding hydrogens is 392 g/mol. The SMILES string of the molecule is CCCC(=O)NC1CCCN(C(=O)C2(c3ccc(Br)cc3)CCCC2)C1. The lowest BCUT2D eigenvalue weighted by atomic mass is 9.77. The van der Waals surface area contributed by atoms with Crippen molar-refractivity contribution in [2.45, 2.75) is 69.7 Å². The van der Waals surface area contributed by atoms with E-state index in [0.29, 0.717) is 13.0 Å². The number of carbonyl (C=O) groups excluding carboxylic acids is 2. The molecule has 1 unspecified atom stereocenters. The van der Waals surface area contributed by atoms with Crippen LogP contribution < -0.4 is 5.32 Å². The third kappa shape index (κ3) is 4.13. The molecule has 1 aliphatic heterocycles. The largest absolute Gasteiger partial charge is 0.352 e. The molecule has 2 fully saturated rings. The number of amides is 2. The lowest BCUT2D eigenvalue weighted by Crippen LogP contribution is -2.54. The first-order valence-corrected chi connectivity index (χ1v) is 10.7. The van der Waals surface area contributed by atoms with Gasteiger partial charge < -0.3 is 10.2 Å². The average Bonchev–Trinajstić information content (AvgIpc) is 3.13. The van der Waals surface area contributed by atoms with E-state index in [1.165, 1.54) is 0 Å². The van der Waals surface area contributed by atoms with Crippen LogP contribution in [0, 0.1) is 0 Å². The predicted molar refractivity (Wildman–Crippen MR) is 107 cm³/mol. The van der Waals surface area contributed by atoms with E-state index in [9.17, 15) is 9.59 Å². The van der Waals surface area contributed by atoms with Crippen LogP contribution in [0.3, 0.4) is 0 Å². The van der Waals surface area contributed by atoms with Crippen LogP contribution in [0.5, 0.6) is 0 Å². The smallest absolute Gasteiger partial charge is 0.233 e. The molecule has 1 saturated carbocycles. The van der Waals surface area contributed by atoms with Crippen LogP contribution in [0.4, 0.5) is 0 Å². The summed E-state index contributed by atoms with van der Waals surface area (Å²) in [5.74, 6) is 0.363. The second-order valence-electron chi connectivity index (χ2n) is 7.70. The van der Waals surface area contributed by atoms with Crippen molar-refractivity contribution in [2.75, 3.05) is 13.1 Å². The van der Waals surface area contributed by atoms with Gasteiger partial charge in [0.05, 0.1) is 5.41 Å². The van der Waals surface area contributed by atoms with Gasteiger partial charge in [-0.2, -0.15) is 0 Å². The van der Waals surface area contributed by atoms with Gasteiger partial charge in [-0.1, -0.05) is 47.8 Å². The number of hydrogen-bond donors (Lipinski definition) is 1. The number of carbonyl (C=O) groups is 2. The molecule has 0 bridgehead atoms. The zero-order chi connectivity index (χ0) is 18.6. The Kier molecular flexibility index (Phi) is 6.38. The van der Waals surface area contributed by atoms with Crippen molar-refractivity contribution in [2.24, 2.45) is 0 Å². The van der Waals surface area contributed by atoms with Gasteiger partial charge >= 0.3 is 0 Å². The minimum atomic E-state index is -0.379. The van der Waals surface area contributed by atoms with E-state index in [1.807, 2.05) is 24.0 Å². The maximum Gasteiger partial charge on any atom is 0.233 e. The third-order valence-electron chi connectivity index (χ3n) is 5.81. The molecule has 1 heterocycles. The van der Waals surface area contributed by atoms with E-state index in [4.69, 9.17) is 0 Å². The number of nitrogens with one attached hydrogen (secondary N) is 1. The first-order chi connectivity index (χ1) is 12.5. The Bertz CT molecular complexity index is 638. The van der Waals surface area contributed by atoms with Crippen molar-refractivity contribution in [3.05, 3.63) is 34.3 Å². The highest BCUT2D eigenvalue weighted by atomic mass is 79.9. The Hall–Kier alpha value is -1.36. The molecule has 0 radical (unpaired) electrons. The highest BCUT2D eigenvalue weighted by Crippen LogP contribution is 2.43. The highest BCUT2D eigenvalue weighted by Gasteiger charge is 2.45.